The smallest absolute Gasteiger partial charge is 0.223 e. The predicted molar refractivity (Wildman–Crippen MR) is 88.1 cm³/mol. The molecule has 0 bridgehead atoms. The molecule has 4 nitrogen and oxygen atoms in total. The summed E-state index contributed by atoms with van der Waals surface area (Å²) in [6, 6.07) is 1.57. The molecule has 1 atom stereocenters. The van der Waals surface area contributed by atoms with Gasteiger partial charge >= 0.3 is 0 Å². The fraction of sp³-hybridized carbons (Fsp3) is 0.500. The third kappa shape index (κ3) is 3.17. The molecule has 22 heavy (non-hydrogen) atoms. The number of rotatable bonds is 2. The van der Waals surface area contributed by atoms with Crippen molar-refractivity contribution < 1.29 is 5.11 Å². The Bertz CT molecular complexity index is 685. The van der Waals surface area contributed by atoms with Crippen LogP contribution in [-0.4, -0.2) is 34.2 Å². The summed E-state index contributed by atoms with van der Waals surface area (Å²) < 4.78 is 2.01. The number of pyridine rings is 1. The molecule has 4 heteroatoms. The molecule has 0 spiro atoms. The Kier molecular flexibility index (Phi) is 4.21. The predicted octanol–water partition coefficient (Wildman–Crippen LogP) is 2.32. The van der Waals surface area contributed by atoms with E-state index in [4.69, 9.17) is 0 Å². The molecule has 0 aromatic carbocycles. The van der Waals surface area contributed by atoms with Crippen LogP contribution in [0.2, 0.25) is 0 Å². The standard InChI is InChI=1S/C18H24N2O2/c1-13-3-4-15(14(2)9-13)11-19-6-5-16-10-17(21)18(22)12-20(16)8-7-19/h3-4,10,12-13,22H,5-9,11H2,1-2H3/t13-/m0/s1. The molecule has 0 radical (unpaired) electrons. The molecule has 1 aliphatic heterocycles. The van der Waals surface area contributed by atoms with Crippen LogP contribution in [0.25, 0.3) is 0 Å². The molecule has 0 amide bonds. The molecule has 2 aliphatic rings. The zero-order valence-corrected chi connectivity index (χ0v) is 13.4. The van der Waals surface area contributed by atoms with Gasteiger partial charge in [0.05, 0.1) is 6.20 Å². The van der Waals surface area contributed by atoms with Gasteiger partial charge in [-0.25, -0.2) is 0 Å². The number of nitrogens with zero attached hydrogens (tertiary/aromatic N) is 2. The van der Waals surface area contributed by atoms with Gasteiger partial charge in [0.2, 0.25) is 5.43 Å². The molecule has 1 aliphatic carbocycles. The number of hydrogen-bond donors (Lipinski definition) is 1. The first-order chi connectivity index (χ1) is 10.5. The van der Waals surface area contributed by atoms with Crippen LogP contribution in [0.4, 0.5) is 0 Å². The summed E-state index contributed by atoms with van der Waals surface area (Å²) >= 11 is 0. The van der Waals surface area contributed by atoms with Gasteiger partial charge in [-0.15, -0.1) is 0 Å². The van der Waals surface area contributed by atoms with Crippen molar-refractivity contribution in [2.45, 2.75) is 33.2 Å². The topological polar surface area (TPSA) is 45.5 Å². The maximum absolute atomic E-state index is 11.6. The molecule has 118 valence electrons. The normalized spacial score (nSPS) is 22.5. The molecule has 0 fully saturated rings. The average molecular weight is 300 g/mol. The van der Waals surface area contributed by atoms with E-state index in [-0.39, 0.29) is 11.2 Å². The van der Waals surface area contributed by atoms with Crippen LogP contribution >= 0.6 is 0 Å². The lowest BCUT2D eigenvalue weighted by molar-refractivity contribution is 0.303. The van der Waals surface area contributed by atoms with Crippen molar-refractivity contribution in [3.8, 4) is 5.75 Å². The van der Waals surface area contributed by atoms with Gasteiger partial charge in [-0.1, -0.05) is 24.6 Å². The first kappa shape index (κ1) is 15.1. The monoisotopic (exact) mass is 300 g/mol. The lowest BCUT2D eigenvalue weighted by Gasteiger charge is -2.24. The number of fused-ring (bicyclic) bond motifs is 1. The van der Waals surface area contributed by atoms with Gasteiger partial charge in [-0.05, 0) is 24.8 Å². The highest BCUT2D eigenvalue weighted by Gasteiger charge is 2.17. The number of aromatic hydroxyl groups is 1. The Morgan fingerprint density at radius 1 is 1.32 bits per heavy atom. The van der Waals surface area contributed by atoms with E-state index in [1.807, 2.05) is 4.57 Å². The Labute approximate surface area is 131 Å². The van der Waals surface area contributed by atoms with Crippen molar-refractivity contribution in [1.29, 1.82) is 0 Å². The van der Waals surface area contributed by atoms with Gasteiger partial charge in [0.1, 0.15) is 0 Å². The molecule has 1 aromatic rings. The van der Waals surface area contributed by atoms with Crippen LogP contribution in [0.3, 0.4) is 0 Å². The van der Waals surface area contributed by atoms with Gasteiger partial charge < -0.3 is 9.67 Å². The molecule has 1 aromatic heterocycles. The fourth-order valence-electron chi connectivity index (χ4n) is 3.35. The van der Waals surface area contributed by atoms with Crippen molar-refractivity contribution in [2.75, 3.05) is 19.6 Å². The molecule has 1 N–H and O–H groups in total. The quantitative estimate of drug-likeness (QED) is 0.912. The molecule has 0 saturated carbocycles. The second kappa shape index (κ2) is 6.13. The zero-order chi connectivity index (χ0) is 15.7. The number of hydrogen-bond acceptors (Lipinski definition) is 3. The van der Waals surface area contributed by atoms with Gasteiger partial charge in [0.15, 0.2) is 5.75 Å². The maximum atomic E-state index is 11.6. The highest BCUT2D eigenvalue weighted by molar-refractivity contribution is 5.31. The first-order valence-electron chi connectivity index (χ1n) is 8.04. The summed E-state index contributed by atoms with van der Waals surface area (Å²) in [5.74, 6) is 0.492. The fourth-order valence-corrected chi connectivity index (χ4v) is 3.35. The summed E-state index contributed by atoms with van der Waals surface area (Å²) in [6.07, 6.45) is 8.15. The second-order valence-electron chi connectivity index (χ2n) is 6.58. The van der Waals surface area contributed by atoms with E-state index in [1.165, 1.54) is 11.1 Å². The van der Waals surface area contributed by atoms with Crippen LogP contribution < -0.4 is 5.43 Å². The first-order valence-corrected chi connectivity index (χ1v) is 8.04. The van der Waals surface area contributed by atoms with Crippen LogP contribution in [0.1, 0.15) is 26.0 Å². The molecule has 0 unspecified atom stereocenters. The maximum Gasteiger partial charge on any atom is 0.223 e. The van der Waals surface area contributed by atoms with E-state index in [0.29, 0.717) is 5.92 Å². The van der Waals surface area contributed by atoms with E-state index in [2.05, 4.69) is 30.9 Å². The second-order valence-corrected chi connectivity index (χ2v) is 6.58. The molecule has 2 heterocycles. The summed E-state index contributed by atoms with van der Waals surface area (Å²) in [6.45, 7) is 8.16. The Hall–Kier alpha value is -1.81. The van der Waals surface area contributed by atoms with Crippen molar-refractivity contribution in [1.82, 2.24) is 9.47 Å². The minimum Gasteiger partial charge on any atom is -0.503 e. The third-order valence-electron chi connectivity index (χ3n) is 4.73. The minimum atomic E-state index is -0.276. The largest absolute Gasteiger partial charge is 0.503 e. The Morgan fingerprint density at radius 2 is 2.14 bits per heavy atom. The van der Waals surface area contributed by atoms with E-state index >= 15 is 0 Å². The zero-order valence-electron chi connectivity index (χ0n) is 13.4. The average Bonchev–Trinajstić information content (AvgIpc) is 2.66. The SMILES string of the molecule is CC1=C(CN2CCc3cc(=O)c(O)cn3CC2)C=C[C@H](C)C1. The van der Waals surface area contributed by atoms with Crippen molar-refractivity contribution in [3.63, 3.8) is 0 Å². The minimum absolute atomic E-state index is 0.153. The van der Waals surface area contributed by atoms with Crippen molar-refractivity contribution >= 4 is 0 Å². The highest BCUT2D eigenvalue weighted by Crippen LogP contribution is 2.24. The van der Waals surface area contributed by atoms with Crippen LogP contribution in [-0.2, 0) is 13.0 Å². The summed E-state index contributed by atoms with van der Waals surface area (Å²) in [5, 5.41) is 9.59. The van der Waals surface area contributed by atoms with E-state index < -0.39 is 0 Å². The summed E-state index contributed by atoms with van der Waals surface area (Å²) in [7, 11) is 0. The highest BCUT2D eigenvalue weighted by atomic mass is 16.3. The van der Waals surface area contributed by atoms with E-state index in [1.54, 1.807) is 12.3 Å². The molecule has 0 saturated heterocycles. The molecular weight excluding hydrogens is 276 g/mol. The van der Waals surface area contributed by atoms with E-state index in [9.17, 15) is 9.90 Å². The lowest BCUT2D eigenvalue weighted by Crippen LogP contribution is -2.29. The van der Waals surface area contributed by atoms with Gasteiger partial charge in [-0.3, -0.25) is 9.69 Å². The molecular formula is C18H24N2O2. The van der Waals surface area contributed by atoms with Crippen LogP contribution in [0.15, 0.2) is 40.4 Å². The van der Waals surface area contributed by atoms with Crippen LogP contribution in [0, 0.1) is 5.92 Å². The van der Waals surface area contributed by atoms with Crippen LogP contribution in [0.5, 0.6) is 5.75 Å². The van der Waals surface area contributed by atoms with Gasteiger partial charge in [0, 0.05) is 44.4 Å². The van der Waals surface area contributed by atoms with Gasteiger partial charge in [-0.2, -0.15) is 0 Å². The Balaban J connectivity index is 1.71. The van der Waals surface area contributed by atoms with E-state index in [0.717, 1.165) is 44.7 Å². The number of allylic oxidation sites excluding steroid dienone is 2. The van der Waals surface area contributed by atoms with Crippen molar-refractivity contribution in [2.24, 2.45) is 5.92 Å². The third-order valence-corrected chi connectivity index (χ3v) is 4.73. The summed E-state index contributed by atoms with van der Waals surface area (Å²) in [5.41, 5.74) is 3.66. The van der Waals surface area contributed by atoms with Gasteiger partial charge in [0.25, 0.3) is 0 Å². The van der Waals surface area contributed by atoms with Crippen molar-refractivity contribution in [3.05, 3.63) is 51.5 Å². The molecule has 3 rings (SSSR count). The lowest BCUT2D eigenvalue weighted by atomic mass is 9.91. The summed E-state index contributed by atoms with van der Waals surface area (Å²) in [4.78, 5) is 14.0. The Morgan fingerprint density at radius 3 is 2.91 bits per heavy atom. The number of aromatic nitrogens is 1.